The van der Waals surface area contributed by atoms with E-state index in [9.17, 15) is 4.79 Å². The first-order chi connectivity index (χ1) is 11.7. The molecule has 0 radical (unpaired) electrons. The summed E-state index contributed by atoms with van der Waals surface area (Å²) < 4.78 is 2.16. The van der Waals surface area contributed by atoms with Gasteiger partial charge in [-0.25, -0.2) is 0 Å². The first kappa shape index (κ1) is 16.9. The number of hydrogen-bond acceptors (Lipinski definition) is 3. The van der Waals surface area contributed by atoms with Crippen LogP contribution in [0.2, 0.25) is 0 Å². The molecule has 1 amide bonds. The van der Waals surface area contributed by atoms with Crippen LogP contribution in [0.25, 0.3) is 11.3 Å². The van der Waals surface area contributed by atoms with Gasteiger partial charge < -0.3 is 4.57 Å². The molecular formula is C19H20N2OS2. The van der Waals surface area contributed by atoms with E-state index in [0.29, 0.717) is 4.88 Å². The smallest absolute Gasteiger partial charge is 0.289 e. The quantitative estimate of drug-likeness (QED) is 0.634. The fourth-order valence-electron chi connectivity index (χ4n) is 2.69. The SMILES string of the molecule is CCCc1sc(=NC(=O)c2cccs2)n(CC)c1-c1ccccc1. The lowest BCUT2D eigenvalue weighted by molar-refractivity contribution is 0.100. The lowest BCUT2D eigenvalue weighted by Crippen LogP contribution is -2.16. The van der Waals surface area contributed by atoms with Crippen LogP contribution in [-0.2, 0) is 13.0 Å². The first-order valence-corrected chi connectivity index (χ1v) is 9.84. The number of thiazole rings is 1. The molecule has 3 rings (SSSR count). The number of hydrogen-bond donors (Lipinski definition) is 0. The summed E-state index contributed by atoms with van der Waals surface area (Å²) in [4.78, 5) is 19.6. The molecule has 0 N–H and O–H groups in total. The van der Waals surface area contributed by atoms with Gasteiger partial charge in [0, 0.05) is 11.4 Å². The van der Waals surface area contributed by atoms with E-state index >= 15 is 0 Å². The zero-order valence-corrected chi connectivity index (χ0v) is 15.5. The molecule has 0 saturated heterocycles. The van der Waals surface area contributed by atoms with Gasteiger partial charge in [0.25, 0.3) is 5.91 Å². The van der Waals surface area contributed by atoms with Crippen LogP contribution in [0, 0.1) is 0 Å². The van der Waals surface area contributed by atoms with Crippen molar-refractivity contribution in [1.29, 1.82) is 0 Å². The van der Waals surface area contributed by atoms with E-state index in [1.54, 1.807) is 11.3 Å². The van der Waals surface area contributed by atoms with Crippen LogP contribution in [0.15, 0.2) is 52.8 Å². The molecule has 1 aromatic carbocycles. The Hall–Kier alpha value is -1.98. The van der Waals surface area contributed by atoms with Gasteiger partial charge >= 0.3 is 0 Å². The van der Waals surface area contributed by atoms with Crippen molar-refractivity contribution in [2.24, 2.45) is 4.99 Å². The number of aryl methyl sites for hydroxylation is 1. The number of amides is 1. The van der Waals surface area contributed by atoms with Gasteiger partial charge in [0.05, 0.1) is 10.6 Å². The predicted octanol–water partition coefficient (Wildman–Crippen LogP) is 4.99. The normalized spacial score (nSPS) is 11.8. The Balaban J connectivity index is 2.16. The third kappa shape index (κ3) is 3.42. The molecule has 0 aliphatic heterocycles. The minimum absolute atomic E-state index is 0.156. The van der Waals surface area contributed by atoms with Gasteiger partial charge in [-0.05, 0) is 30.4 Å². The van der Waals surface area contributed by atoms with Crippen molar-refractivity contribution < 1.29 is 4.79 Å². The van der Waals surface area contributed by atoms with E-state index < -0.39 is 0 Å². The Labute approximate surface area is 150 Å². The topological polar surface area (TPSA) is 34.4 Å². The highest BCUT2D eigenvalue weighted by Crippen LogP contribution is 2.27. The Kier molecular flexibility index (Phi) is 5.43. The second-order valence-corrected chi connectivity index (χ2v) is 7.42. The third-order valence-corrected chi connectivity index (χ3v) is 5.75. The van der Waals surface area contributed by atoms with Crippen molar-refractivity contribution in [3.05, 3.63) is 62.4 Å². The zero-order chi connectivity index (χ0) is 16.9. The maximum atomic E-state index is 12.4. The number of benzene rings is 1. The van der Waals surface area contributed by atoms with Crippen LogP contribution >= 0.6 is 22.7 Å². The first-order valence-electron chi connectivity index (χ1n) is 8.15. The van der Waals surface area contributed by atoms with Gasteiger partial charge in [-0.2, -0.15) is 4.99 Å². The Morgan fingerprint density at radius 3 is 2.54 bits per heavy atom. The van der Waals surface area contributed by atoms with E-state index in [2.05, 4.69) is 47.7 Å². The predicted molar refractivity (Wildman–Crippen MR) is 102 cm³/mol. The molecule has 3 nitrogen and oxygen atoms in total. The third-order valence-electron chi connectivity index (χ3n) is 3.75. The summed E-state index contributed by atoms with van der Waals surface area (Å²) in [5, 5.41) is 1.91. The van der Waals surface area contributed by atoms with Gasteiger partial charge in [0.1, 0.15) is 0 Å². The maximum absolute atomic E-state index is 12.4. The summed E-state index contributed by atoms with van der Waals surface area (Å²) >= 11 is 3.07. The molecule has 0 unspecified atom stereocenters. The average molecular weight is 357 g/mol. The highest BCUT2D eigenvalue weighted by molar-refractivity contribution is 7.12. The van der Waals surface area contributed by atoms with Crippen molar-refractivity contribution in [2.75, 3.05) is 0 Å². The van der Waals surface area contributed by atoms with E-state index in [1.165, 1.54) is 27.5 Å². The molecule has 0 spiro atoms. The highest BCUT2D eigenvalue weighted by atomic mass is 32.1. The van der Waals surface area contributed by atoms with Gasteiger partial charge in [-0.3, -0.25) is 4.79 Å². The summed E-state index contributed by atoms with van der Waals surface area (Å²) in [6, 6.07) is 14.1. The summed E-state index contributed by atoms with van der Waals surface area (Å²) in [6.07, 6.45) is 2.07. The van der Waals surface area contributed by atoms with Crippen molar-refractivity contribution in [3.63, 3.8) is 0 Å². The molecule has 2 heterocycles. The number of carbonyl (C=O) groups is 1. The maximum Gasteiger partial charge on any atom is 0.289 e. The molecule has 124 valence electrons. The number of aromatic nitrogens is 1. The van der Waals surface area contributed by atoms with E-state index in [0.717, 1.165) is 24.2 Å². The molecular weight excluding hydrogens is 336 g/mol. The van der Waals surface area contributed by atoms with E-state index in [1.807, 2.05) is 23.6 Å². The summed E-state index contributed by atoms with van der Waals surface area (Å²) in [7, 11) is 0. The van der Waals surface area contributed by atoms with Gasteiger partial charge in [-0.15, -0.1) is 22.7 Å². The molecule has 3 aromatic rings. The molecule has 0 bridgehead atoms. The van der Waals surface area contributed by atoms with Crippen molar-refractivity contribution in [1.82, 2.24) is 4.57 Å². The van der Waals surface area contributed by atoms with Crippen LogP contribution in [0.1, 0.15) is 34.8 Å². The number of thiophene rings is 1. The molecule has 0 aliphatic rings. The van der Waals surface area contributed by atoms with Crippen LogP contribution in [0.5, 0.6) is 0 Å². The number of rotatable bonds is 5. The minimum Gasteiger partial charge on any atom is -0.316 e. The number of carbonyl (C=O) groups excluding carboxylic acids is 1. The fourth-order valence-corrected chi connectivity index (χ4v) is 4.61. The van der Waals surface area contributed by atoms with Crippen LogP contribution < -0.4 is 4.80 Å². The van der Waals surface area contributed by atoms with Crippen molar-refractivity contribution >= 4 is 28.6 Å². The Bertz CT molecular complexity index is 874. The van der Waals surface area contributed by atoms with Crippen LogP contribution in [-0.4, -0.2) is 10.5 Å². The average Bonchev–Trinajstić information content (AvgIpc) is 3.24. The second kappa shape index (κ2) is 7.73. The molecule has 0 aliphatic carbocycles. The van der Waals surface area contributed by atoms with Crippen molar-refractivity contribution in [3.8, 4) is 11.3 Å². The molecule has 0 atom stereocenters. The molecule has 5 heteroatoms. The lowest BCUT2D eigenvalue weighted by Gasteiger charge is -2.08. The fraction of sp³-hybridized carbons (Fsp3) is 0.263. The zero-order valence-electron chi connectivity index (χ0n) is 13.9. The van der Waals surface area contributed by atoms with Gasteiger partial charge in [-0.1, -0.05) is 49.7 Å². The molecule has 24 heavy (non-hydrogen) atoms. The monoisotopic (exact) mass is 356 g/mol. The van der Waals surface area contributed by atoms with Crippen LogP contribution in [0.4, 0.5) is 0 Å². The van der Waals surface area contributed by atoms with Gasteiger partial charge in [0.2, 0.25) is 0 Å². The van der Waals surface area contributed by atoms with Crippen molar-refractivity contribution in [2.45, 2.75) is 33.2 Å². The standard InChI is InChI=1S/C19H20N2OS2/c1-3-9-15-17(14-10-6-5-7-11-14)21(4-2)19(24-15)20-18(22)16-12-8-13-23-16/h5-8,10-13H,3-4,9H2,1-2H3. The Morgan fingerprint density at radius 2 is 1.92 bits per heavy atom. The van der Waals surface area contributed by atoms with E-state index in [-0.39, 0.29) is 5.91 Å². The summed E-state index contributed by atoms with van der Waals surface area (Å²) in [6.45, 7) is 5.07. The largest absolute Gasteiger partial charge is 0.316 e. The highest BCUT2D eigenvalue weighted by Gasteiger charge is 2.15. The second-order valence-electron chi connectivity index (χ2n) is 5.41. The number of nitrogens with zero attached hydrogens (tertiary/aromatic N) is 2. The minimum atomic E-state index is -0.156. The van der Waals surface area contributed by atoms with Gasteiger partial charge in [0.15, 0.2) is 4.80 Å². The summed E-state index contributed by atoms with van der Waals surface area (Å²) in [5.74, 6) is -0.156. The van der Waals surface area contributed by atoms with E-state index in [4.69, 9.17) is 0 Å². The molecule has 0 saturated carbocycles. The Morgan fingerprint density at radius 1 is 1.12 bits per heavy atom. The lowest BCUT2D eigenvalue weighted by atomic mass is 10.1. The molecule has 0 fully saturated rings. The van der Waals surface area contributed by atoms with Crippen LogP contribution in [0.3, 0.4) is 0 Å². The summed E-state index contributed by atoms with van der Waals surface area (Å²) in [5.41, 5.74) is 2.38. The molecule has 2 aromatic heterocycles.